The Hall–Kier alpha value is 0.623. The van der Waals surface area contributed by atoms with Crippen molar-refractivity contribution >= 4 is 0 Å². The summed E-state index contributed by atoms with van der Waals surface area (Å²) in [6, 6.07) is 0. The molecule has 0 bridgehead atoms. The minimum atomic E-state index is 0.675. The monoisotopic (exact) mass is 177 g/mol. The van der Waals surface area contributed by atoms with E-state index < -0.39 is 0 Å². The van der Waals surface area contributed by atoms with E-state index in [1.54, 1.807) is 0 Å². The van der Waals surface area contributed by atoms with Crippen molar-refractivity contribution in [1.82, 2.24) is 0 Å². The fraction of sp³-hybridized carbons (Fsp3) is 1.00. The molecule has 0 aliphatic carbocycles. The van der Waals surface area contributed by atoms with Gasteiger partial charge in [-0.2, -0.15) is 0 Å². The quantitative estimate of drug-likeness (QED) is 0.583. The van der Waals surface area contributed by atoms with Crippen molar-refractivity contribution in [3.05, 3.63) is 0 Å². The first kappa shape index (κ1) is 9.62. The molecule has 0 aliphatic rings. The fourth-order valence-electron chi connectivity index (χ4n) is 0.860. The van der Waals surface area contributed by atoms with Crippen LogP contribution in [0.2, 0.25) is 4.01 Å². The van der Waals surface area contributed by atoms with Gasteiger partial charge in [0.25, 0.3) is 0 Å². The van der Waals surface area contributed by atoms with Crippen molar-refractivity contribution in [1.29, 1.82) is 0 Å². The molecular formula is C8H17Zn. The van der Waals surface area contributed by atoms with E-state index in [2.05, 4.69) is 27.7 Å². The molecule has 0 aromatic carbocycles. The van der Waals surface area contributed by atoms with Crippen molar-refractivity contribution in [2.24, 2.45) is 5.92 Å². The van der Waals surface area contributed by atoms with Crippen LogP contribution in [0.15, 0.2) is 0 Å². The number of hydrogen-bond acceptors (Lipinski definition) is 0. The molecule has 0 aliphatic heterocycles. The summed E-state index contributed by atoms with van der Waals surface area (Å²) in [7, 11) is 0. The second kappa shape index (κ2) is 3.71. The average Bonchev–Trinajstić information content (AvgIpc) is 1.65. The summed E-state index contributed by atoms with van der Waals surface area (Å²) in [6.07, 6.45) is 2.75. The molecule has 0 amide bonds. The minimum absolute atomic E-state index is 0.675. The van der Waals surface area contributed by atoms with Crippen LogP contribution in [0, 0.1) is 5.92 Å². The van der Waals surface area contributed by atoms with Crippen molar-refractivity contribution in [2.45, 2.75) is 44.5 Å². The van der Waals surface area contributed by atoms with Crippen LogP contribution in [-0.4, -0.2) is 0 Å². The average molecular weight is 179 g/mol. The predicted molar refractivity (Wildman–Crippen MR) is 38.1 cm³/mol. The molecule has 1 atom stereocenters. The zero-order chi connectivity index (χ0) is 7.49. The van der Waals surface area contributed by atoms with E-state index in [0.717, 1.165) is 5.92 Å². The van der Waals surface area contributed by atoms with Crippen LogP contribution >= 0.6 is 0 Å². The van der Waals surface area contributed by atoms with Crippen molar-refractivity contribution < 1.29 is 18.3 Å². The summed E-state index contributed by atoms with van der Waals surface area (Å²) in [4.78, 5) is 0. The molecule has 0 aromatic heterocycles. The van der Waals surface area contributed by atoms with Gasteiger partial charge in [-0.3, -0.25) is 0 Å². The van der Waals surface area contributed by atoms with Gasteiger partial charge in [-0.1, -0.05) is 0 Å². The maximum atomic E-state index is 2.40. The standard InChI is InChI=1S/C8H17.Zn/c1-5-6-8(4)7(2)3;/h7H,5-6H2,1-4H3;. The third-order valence-corrected chi connectivity index (χ3v) is 4.67. The van der Waals surface area contributed by atoms with Gasteiger partial charge in [-0.15, -0.1) is 0 Å². The SMILES string of the molecule is CCC[C](C)([Zn])C(C)C. The van der Waals surface area contributed by atoms with Crippen LogP contribution in [0.5, 0.6) is 0 Å². The first-order valence-corrected chi connectivity index (χ1v) is 5.34. The summed E-state index contributed by atoms with van der Waals surface area (Å²) in [5.74, 6) is 0.873. The summed E-state index contributed by atoms with van der Waals surface area (Å²) in [5, 5.41) is 0. The van der Waals surface area contributed by atoms with Gasteiger partial charge in [-0.05, 0) is 0 Å². The number of hydrogen-bond donors (Lipinski definition) is 0. The zero-order valence-electron chi connectivity index (χ0n) is 7.20. The Morgan fingerprint density at radius 2 is 1.89 bits per heavy atom. The Balaban J connectivity index is 3.70. The Morgan fingerprint density at radius 3 is 2.00 bits per heavy atom. The topological polar surface area (TPSA) is 0 Å². The van der Waals surface area contributed by atoms with E-state index in [-0.39, 0.29) is 0 Å². The molecule has 9 heavy (non-hydrogen) atoms. The van der Waals surface area contributed by atoms with Crippen molar-refractivity contribution in [3.63, 3.8) is 0 Å². The van der Waals surface area contributed by atoms with Gasteiger partial charge >= 0.3 is 68.8 Å². The Morgan fingerprint density at radius 1 is 1.44 bits per heavy atom. The summed E-state index contributed by atoms with van der Waals surface area (Å²) in [6.45, 7) is 9.34. The van der Waals surface area contributed by atoms with Gasteiger partial charge in [0.1, 0.15) is 0 Å². The molecule has 0 heterocycles. The van der Waals surface area contributed by atoms with E-state index in [4.69, 9.17) is 0 Å². The van der Waals surface area contributed by atoms with Gasteiger partial charge in [0.05, 0.1) is 0 Å². The molecule has 0 nitrogen and oxygen atoms in total. The molecule has 51 valence electrons. The molecule has 0 rings (SSSR count). The van der Waals surface area contributed by atoms with Crippen LogP contribution in [0.3, 0.4) is 0 Å². The third kappa shape index (κ3) is 3.35. The van der Waals surface area contributed by atoms with Crippen LogP contribution < -0.4 is 0 Å². The van der Waals surface area contributed by atoms with Crippen LogP contribution in [-0.2, 0) is 18.3 Å². The molecular weight excluding hydrogens is 161 g/mol. The molecule has 0 fully saturated rings. The molecule has 0 saturated carbocycles. The summed E-state index contributed by atoms with van der Waals surface area (Å²) < 4.78 is 0.675. The van der Waals surface area contributed by atoms with Crippen LogP contribution in [0.25, 0.3) is 0 Å². The molecule has 0 saturated heterocycles. The summed E-state index contributed by atoms with van der Waals surface area (Å²) >= 11 is 1.44. The fourth-order valence-corrected chi connectivity index (χ4v) is 1.60. The maximum absolute atomic E-state index is 2.40. The van der Waals surface area contributed by atoms with E-state index in [0.29, 0.717) is 4.01 Å². The predicted octanol–water partition coefficient (Wildman–Crippen LogP) is 3.17. The molecule has 0 radical (unpaired) electrons. The number of rotatable bonds is 3. The zero-order valence-corrected chi connectivity index (χ0v) is 10.2. The van der Waals surface area contributed by atoms with E-state index in [1.165, 1.54) is 31.1 Å². The van der Waals surface area contributed by atoms with E-state index in [1.807, 2.05) is 0 Å². The van der Waals surface area contributed by atoms with Gasteiger partial charge in [0.15, 0.2) is 0 Å². The first-order chi connectivity index (χ1) is 4.00. The van der Waals surface area contributed by atoms with E-state index in [9.17, 15) is 0 Å². The van der Waals surface area contributed by atoms with Crippen LogP contribution in [0.1, 0.15) is 40.5 Å². The Kier molecular flexibility index (Phi) is 3.97. The van der Waals surface area contributed by atoms with Gasteiger partial charge < -0.3 is 0 Å². The first-order valence-electron chi connectivity index (χ1n) is 3.86. The van der Waals surface area contributed by atoms with Gasteiger partial charge in [-0.25, -0.2) is 0 Å². The van der Waals surface area contributed by atoms with Crippen molar-refractivity contribution in [3.8, 4) is 0 Å². The van der Waals surface area contributed by atoms with Gasteiger partial charge in [0, 0.05) is 0 Å². The van der Waals surface area contributed by atoms with Crippen LogP contribution in [0.4, 0.5) is 0 Å². The summed E-state index contributed by atoms with van der Waals surface area (Å²) in [5.41, 5.74) is 0. The Labute approximate surface area is 69.1 Å². The third-order valence-electron chi connectivity index (χ3n) is 2.21. The Bertz CT molecular complexity index is 74.6. The molecule has 1 unspecified atom stereocenters. The second-order valence-electron chi connectivity index (χ2n) is 3.56. The molecule has 0 N–H and O–H groups in total. The normalized spacial score (nSPS) is 18.1. The van der Waals surface area contributed by atoms with Gasteiger partial charge in [0.2, 0.25) is 0 Å². The molecule has 0 spiro atoms. The molecule has 0 aromatic rings. The van der Waals surface area contributed by atoms with Crippen molar-refractivity contribution in [2.75, 3.05) is 0 Å². The molecule has 1 heteroatoms. The second-order valence-corrected chi connectivity index (χ2v) is 6.95. The van der Waals surface area contributed by atoms with E-state index >= 15 is 0 Å².